The Balaban J connectivity index is 1.64. The van der Waals surface area contributed by atoms with Crippen LogP contribution in [0.1, 0.15) is 28.8 Å². The zero-order chi connectivity index (χ0) is 22.2. The minimum atomic E-state index is -0.320. The van der Waals surface area contributed by atoms with Gasteiger partial charge in [0.15, 0.2) is 0 Å². The third-order valence-corrected chi connectivity index (χ3v) is 7.32. The average molecular weight is 464 g/mol. The highest BCUT2D eigenvalue weighted by Crippen LogP contribution is 2.35. The summed E-state index contributed by atoms with van der Waals surface area (Å²) in [6.45, 7) is 1.86. The smallest absolute Gasteiger partial charge is 0.263 e. The zero-order valence-electron chi connectivity index (χ0n) is 17.7. The first kappa shape index (κ1) is 20.9. The van der Waals surface area contributed by atoms with Crippen LogP contribution in [-0.4, -0.2) is 15.5 Å². The van der Waals surface area contributed by atoms with Crippen LogP contribution in [0, 0.1) is 6.92 Å². The molecule has 0 radical (unpaired) electrons. The van der Waals surface area contributed by atoms with Crippen molar-refractivity contribution in [2.45, 2.75) is 39.2 Å². The van der Waals surface area contributed by atoms with Gasteiger partial charge in [-0.15, -0.1) is 11.3 Å². The fourth-order valence-electron chi connectivity index (χ4n) is 4.29. The molecule has 162 valence electrons. The lowest BCUT2D eigenvalue weighted by Crippen LogP contribution is -2.30. The summed E-state index contributed by atoms with van der Waals surface area (Å²) in [6, 6.07) is 14.9. The van der Waals surface area contributed by atoms with Gasteiger partial charge < -0.3 is 5.32 Å². The van der Waals surface area contributed by atoms with Crippen molar-refractivity contribution in [1.29, 1.82) is 0 Å². The van der Waals surface area contributed by atoms with Gasteiger partial charge in [-0.05, 0) is 56.4 Å². The molecule has 0 atom stereocenters. The number of amides is 1. The minimum Gasteiger partial charge on any atom is -0.323 e. The number of benzene rings is 2. The van der Waals surface area contributed by atoms with Crippen molar-refractivity contribution in [1.82, 2.24) is 9.55 Å². The van der Waals surface area contributed by atoms with Gasteiger partial charge in [-0.25, -0.2) is 4.98 Å². The number of para-hydroxylation sites is 1. The number of nitrogens with zero attached hydrogens (tertiary/aromatic N) is 2. The molecule has 32 heavy (non-hydrogen) atoms. The molecule has 1 aliphatic carbocycles. The molecule has 4 aromatic rings. The van der Waals surface area contributed by atoms with Crippen LogP contribution >= 0.6 is 22.9 Å². The lowest BCUT2D eigenvalue weighted by atomic mass is 9.97. The number of anilines is 1. The van der Waals surface area contributed by atoms with E-state index in [-0.39, 0.29) is 18.0 Å². The van der Waals surface area contributed by atoms with Gasteiger partial charge in [0.2, 0.25) is 5.91 Å². The second-order valence-corrected chi connectivity index (χ2v) is 9.61. The van der Waals surface area contributed by atoms with E-state index < -0.39 is 0 Å². The molecular formula is C25H22ClN3O2S. The number of halogens is 1. The van der Waals surface area contributed by atoms with Gasteiger partial charge in [0.1, 0.15) is 17.2 Å². The number of rotatable bonds is 4. The van der Waals surface area contributed by atoms with Gasteiger partial charge in [-0.2, -0.15) is 0 Å². The minimum absolute atomic E-state index is 0.138. The Labute approximate surface area is 194 Å². The number of thiophene rings is 1. The molecule has 0 saturated heterocycles. The van der Waals surface area contributed by atoms with E-state index in [0.717, 1.165) is 47.2 Å². The Morgan fingerprint density at radius 3 is 2.78 bits per heavy atom. The Bertz CT molecular complexity index is 1410. The number of carbonyl (C=O) groups excluding carboxylic acids is 1. The molecule has 0 spiro atoms. The molecule has 2 heterocycles. The molecule has 5 rings (SSSR count). The van der Waals surface area contributed by atoms with Crippen molar-refractivity contribution in [3.63, 3.8) is 0 Å². The summed E-state index contributed by atoms with van der Waals surface area (Å²) in [5.41, 5.74) is 3.37. The monoisotopic (exact) mass is 463 g/mol. The van der Waals surface area contributed by atoms with E-state index in [1.165, 1.54) is 9.44 Å². The van der Waals surface area contributed by atoms with Crippen LogP contribution < -0.4 is 10.9 Å². The standard InChI is InChI=1S/C25H22ClN3O2S/c1-15-7-6-8-16(13-15)23-28-24-22(17-9-2-5-12-20(17)32-24)25(31)29(23)14-21(30)27-19-11-4-3-10-18(19)26/h3-4,6-8,10-11,13H,2,5,9,12,14H2,1H3,(H,27,30). The molecule has 2 aromatic heterocycles. The van der Waals surface area contributed by atoms with E-state index in [1.54, 1.807) is 35.6 Å². The predicted octanol–water partition coefficient (Wildman–Crippen LogP) is 5.60. The molecule has 1 N–H and O–H groups in total. The summed E-state index contributed by atoms with van der Waals surface area (Å²) in [6.07, 6.45) is 4.09. The molecule has 0 unspecified atom stereocenters. The Hall–Kier alpha value is -2.96. The summed E-state index contributed by atoms with van der Waals surface area (Å²) in [5.74, 6) is 0.193. The molecule has 1 amide bonds. The number of aryl methyl sites for hydroxylation is 3. The molecule has 0 saturated carbocycles. The van der Waals surface area contributed by atoms with Crippen molar-refractivity contribution in [3.8, 4) is 11.4 Å². The fraction of sp³-hybridized carbons (Fsp3) is 0.240. The van der Waals surface area contributed by atoms with E-state index >= 15 is 0 Å². The molecule has 2 aromatic carbocycles. The number of hydrogen-bond acceptors (Lipinski definition) is 4. The highest BCUT2D eigenvalue weighted by Gasteiger charge is 2.23. The Kier molecular flexibility index (Phi) is 5.57. The highest BCUT2D eigenvalue weighted by atomic mass is 35.5. The zero-order valence-corrected chi connectivity index (χ0v) is 19.2. The van der Waals surface area contributed by atoms with Crippen LogP contribution in [0.15, 0.2) is 53.3 Å². The van der Waals surface area contributed by atoms with E-state index in [1.807, 2.05) is 31.2 Å². The third kappa shape index (κ3) is 3.85. The van der Waals surface area contributed by atoms with Crippen LogP contribution in [0.25, 0.3) is 21.6 Å². The molecule has 7 heteroatoms. The molecule has 0 aliphatic heterocycles. The summed E-state index contributed by atoms with van der Waals surface area (Å²) >= 11 is 7.81. The van der Waals surface area contributed by atoms with Crippen LogP contribution in [0.5, 0.6) is 0 Å². The van der Waals surface area contributed by atoms with Crippen molar-refractivity contribution >= 4 is 44.7 Å². The largest absolute Gasteiger partial charge is 0.323 e. The van der Waals surface area contributed by atoms with Gasteiger partial charge >= 0.3 is 0 Å². The van der Waals surface area contributed by atoms with Gasteiger partial charge in [0.25, 0.3) is 5.56 Å². The van der Waals surface area contributed by atoms with Crippen LogP contribution in [-0.2, 0) is 24.2 Å². The highest BCUT2D eigenvalue weighted by molar-refractivity contribution is 7.18. The molecule has 0 bridgehead atoms. The second kappa shape index (κ2) is 8.52. The summed E-state index contributed by atoms with van der Waals surface area (Å²) < 4.78 is 1.50. The first-order valence-corrected chi connectivity index (χ1v) is 11.9. The van der Waals surface area contributed by atoms with E-state index in [9.17, 15) is 9.59 Å². The van der Waals surface area contributed by atoms with E-state index in [2.05, 4.69) is 5.32 Å². The van der Waals surface area contributed by atoms with Crippen molar-refractivity contribution in [3.05, 3.63) is 79.9 Å². The lowest BCUT2D eigenvalue weighted by molar-refractivity contribution is -0.116. The summed E-state index contributed by atoms with van der Waals surface area (Å²) in [7, 11) is 0. The maximum absolute atomic E-state index is 13.7. The summed E-state index contributed by atoms with van der Waals surface area (Å²) in [4.78, 5) is 33.6. The second-order valence-electron chi connectivity index (χ2n) is 8.12. The topological polar surface area (TPSA) is 64.0 Å². The molecule has 5 nitrogen and oxygen atoms in total. The molecule has 0 fully saturated rings. The first-order valence-electron chi connectivity index (χ1n) is 10.7. The Morgan fingerprint density at radius 1 is 1.16 bits per heavy atom. The first-order chi connectivity index (χ1) is 15.5. The number of carbonyl (C=O) groups is 1. The average Bonchev–Trinajstić information content (AvgIpc) is 3.16. The number of aromatic nitrogens is 2. The molecule has 1 aliphatic rings. The van der Waals surface area contributed by atoms with Gasteiger partial charge in [0, 0.05) is 10.4 Å². The predicted molar refractivity (Wildman–Crippen MR) is 131 cm³/mol. The van der Waals surface area contributed by atoms with Crippen molar-refractivity contribution < 1.29 is 4.79 Å². The van der Waals surface area contributed by atoms with E-state index in [4.69, 9.17) is 16.6 Å². The Morgan fingerprint density at radius 2 is 1.97 bits per heavy atom. The lowest BCUT2D eigenvalue weighted by Gasteiger charge is -2.15. The maximum Gasteiger partial charge on any atom is 0.263 e. The number of hydrogen-bond donors (Lipinski definition) is 1. The third-order valence-electron chi connectivity index (χ3n) is 5.80. The van der Waals surface area contributed by atoms with Gasteiger partial charge in [-0.1, -0.05) is 47.5 Å². The maximum atomic E-state index is 13.7. The van der Waals surface area contributed by atoms with Crippen molar-refractivity contribution in [2.24, 2.45) is 0 Å². The fourth-order valence-corrected chi connectivity index (χ4v) is 5.72. The number of nitrogens with one attached hydrogen (secondary N) is 1. The normalized spacial score (nSPS) is 13.2. The summed E-state index contributed by atoms with van der Waals surface area (Å²) in [5, 5.41) is 3.95. The van der Waals surface area contributed by atoms with Crippen molar-refractivity contribution in [2.75, 3.05) is 5.32 Å². The quantitative estimate of drug-likeness (QED) is 0.428. The number of fused-ring (bicyclic) bond motifs is 3. The van der Waals surface area contributed by atoms with Gasteiger partial charge in [-0.3, -0.25) is 14.2 Å². The van der Waals surface area contributed by atoms with Crippen LogP contribution in [0.3, 0.4) is 0 Å². The van der Waals surface area contributed by atoms with Gasteiger partial charge in [0.05, 0.1) is 16.1 Å². The van der Waals surface area contributed by atoms with Crippen LogP contribution in [0.4, 0.5) is 5.69 Å². The molecular weight excluding hydrogens is 442 g/mol. The van der Waals surface area contributed by atoms with Crippen LogP contribution in [0.2, 0.25) is 5.02 Å². The van der Waals surface area contributed by atoms with E-state index in [0.29, 0.717) is 21.9 Å². The SMILES string of the molecule is Cc1cccc(-c2nc3sc4c(c3c(=O)n2CC(=O)Nc2ccccc2Cl)CCCC4)c1.